The summed E-state index contributed by atoms with van der Waals surface area (Å²) in [7, 11) is 3.45. The quantitative estimate of drug-likeness (QED) is 0.751. The maximum atomic E-state index is 12.5. The van der Waals surface area contributed by atoms with E-state index in [9.17, 15) is 9.59 Å². The molecule has 140 valence electrons. The highest BCUT2D eigenvalue weighted by molar-refractivity contribution is 5.92. The molecular formula is C18H26N6O2. The molecule has 2 aromatic heterocycles. The lowest BCUT2D eigenvalue weighted by Crippen LogP contribution is -2.42. The molecule has 26 heavy (non-hydrogen) atoms. The molecule has 8 heteroatoms. The minimum Gasteiger partial charge on any atom is -0.344 e. The van der Waals surface area contributed by atoms with Crippen LogP contribution < -0.4 is 0 Å². The first kappa shape index (κ1) is 19.6. The Morgan fingerprint density at radius 3 is 2.35 bits per heavy atom. The van der Waals surface area contributed by atoms with Gasteiger partial charge < -0.3 is 9.80 Å². The van der Waals surface area contributed by atoms with E-state index in [1.165, 1.54) is 0 Å². The minimum atomic E-state index is -0.397. The van der Waals surface area contributed by atoms with Crippen molar-refractivity contribution < 1.29 is 9.59 Å². The van der Waals surface area contributed by atoms with Crippen LogP contribution in [0.15, 0.2) is 30.9 Å². The van der Waals surface area contributed by atoms with E-state index in [1.807, 2.05) is 20.8 Å². The number of amides is 2. The molecule has 0 spiro atoms. The Kier molecular flexibility index (Phi) is 6.07. The van der Waals surface area contributed by atoms with Gasteiger partial charge in [-0.1, -0.05) is 20.8 Å². The Bertz CT molecular complexity index is 740. The lowest BCUT2D eigenvalue weighted by molar-refractivity contribution is -0.139. The lowest BCUT2D eigenvalue weighted by Gasteiger charge is -2.29. The van der Waals surface area contributed by atoms with Crippen LogP contribution in [0.3, 0.4) is 0 Å². The molecule has 0 saturated heterocycles. The monoisotopic (exact) mass is 358 g/mol. The Labute approximate surface area is 153 Å². The molecule has 0 unspecified atom stereocenters. The largest absolute Gasteiger partial charge is 0.344 e. The van der Waals surface area contributed by atoms with Gasteiger partial charge in [-0.3, -0.25) is 14.2 Å². The van der Waals surface area contributed by atoms with Crippen LogP contribution in [-0.4, -0.2) is 68.5 Å². The van der Waals surface area contributed by atoms with E-state index < -0.39 is 5.41 Å². The SMILES string of the molecule is CCC(C)(C)C(=O)N(C)CCN(C)C(=O)c1ccc(-n2ccnc2)nn1. The van der Waals surface area contributed by atoms with E-state index in [0.717, 1.165) is 6.42 Å². The summed E-state index contributed by atoms with van der Waals surface area (Å²) in [5.74, 6) is 0.435. The lowest BCUT2D eigenvalue weighted by atomic mass is 9.89. The van der Waals surface area contributed by atoms with Crippen LogP contribution in [0.5, 0.6) is 0 Å². The number of nitrogens with zero attached hydrogens (tertiary/aromatic N) is 6. The highest BCUT2D eigenvalue weighted by Crippen LogP contribution is 2.22. The number of imidazole rings is 1. The smallest absolute Gasteiger partial charge is 0.274 e. The zero-order valence-electron chi connectivity index (χ0n) is 16.0. The van der Waals surface area contributed by atoms with Crippen LogP contribution in [-0.2, 0) is 4.79 Å². The summed E-state index contributed by atoms with van der Waals surface area (Å²) in [4.78, 5) is 32.0. The predicted molar refractivity (Wildman–Crippen MR) is 97.8 cm³/mol. The first-order valence-electron chi connectivity index (χ1n) is 8.59. The van der Waals surface area contributed by atoms with Crippen molar-refractivity contribution >= 4 is 11.8 Å². The van der Waals surface area contributed by atoms with E-state index in [2.05, 4.69) is 15.2 Å². The molecule has 8 nitrogen and oxygen atoms in total. The number of carbonyl (C=O) groups excluding carboxylic acids is 2. The normalized spacial score (nSPS) is 11.3. The van der Waals surface area contributed by atoms with Gasteiger partial charge in [0.2, 0.25) is 5.91 Å². The minimum absolute atomic E-state index is 0.0744. The standard InChI is InChI=1S/C18H26N6O2/c1-6-18(2,3)17(26)23(5)12-11-22(4)16(25)14-7-8-15(21-20-14)24-10-9-19-13-24/h7-10,13H,6,11-12H2,1-5H3. The van der Waals surface area contributed by atoms with Crippen LogP contribution in [0, 0.1) is 5.41 Å². The number of likely N-dealkylation sites (N-methyl/N-ethyl adjacent to an activating group) is 2. The number of hydrogen-bond donors (Lipinski definition) is 0. The van der Waals surface area contributed by atoms with Gasteiger partial charge in [-0.15, -0.1) is 10.2 Å². The molecule has 0 radical (unpaired) electrons. The van der Waals surface area contributed by atoms with Gasteiger partial charge in [0.05, 0.1) is 0 Å². The fourth-order valence-electron chi connectivity index (χ4n) is 2.34. The maximum Gasteiger partial charge on any atom is 0.274 e. The Hall–Kier alpha value is -2.77. The Balaban J connectivity index is 1.94. The van der Waals surface area contributed by atoms with Gasteiger partial charge in [0.1, 0.15) is 6.33 Å². The molecule has 0 fully saturated rings. The number of carbonyl (C=O) groups is 2. The number of hydrogen-bond acceptors (Lipinski definition) is 5. The summed E-state index contributed by atoms with van der Waals surface area (Å²) < 4.78 is 1.71. The molecular weight excluding hydrogens is 332 g/mol. The van der Waals surface area contributed by atoms with Gasteiger partial charge in [-0.2, -0.15) is 0 Å². The van der Waals surface area contributed by atoms with Gasteiger partial charge in [0.25, 0.3) is 5.91 Å². The number of rotatable bonds is 7. The third-order valence-electron chi connectivity index (χ3n) is 4.57. The second-order valence-corrected chi connectivity index (χ2v) is 6.94. The third-order valence-corrected chi connectivity index (χ3v) is 4.57. The summed E-state index contributed by atoms with van der Waals surface area (Å²) >= 11 is 0. The maximum absolute atomic E-state index is 12.5. The van der Waals surface area contributed by atoms with Crippen LogP contribution in [0.1, 0.15) is 37.7 Å². The third kappa shape index (κ3) is 4.44. The average Bonchev–Trinajstić information content (AvgIpc) is 3.19. The van der Waals surface area contributed by atoms with Crippen molar-refractivity contribution in [2.45, 2.75) is 27.2 Å². The van der Waals surface area contributed by atoms with E-state index in [0.29, 0.717) is 18.9 Å². The van der Waals surface area contributed by atoms with E-state index in [-0.39, 0.29) is 17.5 Å². The van der Waals surface area contributed by atoms with E-state index >= 15 is 0 Å². The first-order valence-corrected chi connectivity index (χ1v) is 8.59. The van der Waals surface area contributed by atoms with Crippen LogP contribution in [0.4, 0.5) is 0 Å². The summed E-state index contributed by atoms with van der Waals surface area (Å²) in [5, 5.41) is 8.05. The molecule has 0 atom stereocenters. The van der Waals surface area contributed by atoms with Crippen molar-refractivity contribution in [3.8, 4) is 5.82 Å². The van der Waals surface area contributed by atoms with Crippen molar-refractivity contribution in [3.05, 3.63) is 36.5 Å². The van der Waals surface area contributed by atoms with E-state index in [4.69, 9.17) is 0 Å². The van der Waals surface area contributed by atoms with Gasteiger partial charge in [-0.25, -0.2) is 4.98 Å². The molecule has 2 aromatic rings. The van der Waals surface area contributed by atoms with Crippen LogP contribution in [0.25, 0.3) is 5.82 Å². The highest BCUT2D eigenvalue weighted by Gasteiger charge is 2.28. The molecule has 2 rings (SSSR count). The van der Waals surface area contributed by atoms with Gasteiger partial charge in [0.15, 0.2) is 11.5 Å². The summed E-state index contributed by atoms with van der Waals surface area (Å²) in [6, 6.07) is 3.35. The van der Waals surface area contributed by atoms with Crippen molar-refractivity contribution in [1.82, 2.24) is 29.5 Å². The molecule has 2 heterocycles. The second-order valence-electron chi connectivity index (χ2n) is 6.94. The molecule has 2 amide bonds. The molecule has 0 aliphatic carbocycles. The zero-order valence-corrected chi connectivity index (χ0v) is 16.0. The van der Waals surface area contributed by atoms with Crippen molar-refractivity contribution in [1.29, 1.82) is 0 Å². The molecule has 0 aromatic carbocycles. The molecule has 0 bridgehead atoms. The van der Waals surface area contributed by atoms with E-state index in [1.54, 1.807) is 59.3 Å². The fourth-order valence-corrected chi connectivity index (χ4v) is 2.34. The van der Waals surface area contributed by atoms with Crippen molar-refractivity contribution in [2.24, 2.45) is 5.41 Å². The van der Waals surface area contributed by atoms with Crippen LogP contribution in [0.2, 0.25) is 0 Å². The molecule has 0 N–H and O–H groups in total. The van der Waals surface area contributed by atoms with Crippen LogP contribution >= 0.6 is 0 Å². The van der Waals surface area contributed by atoms with Gasteiger partial charge >= 0.3 is 0 Å². The number of aromatic nitrogens is 4. The predicted octanol–water partition coefficient (Wildman–Crippen LogP) is 1.63. The zero-order chi connectivity index (χ0) is 19.3. The summed E-state index contributed by atoms with van der Waals surface area (Å²) in [6.45, 7) is 6.74. The molecule has 0 aliphatic rings. The Morgan fingerprint density at radius 2 is 1.81 bits per heavy atom. The first-order chi connectivity index (χ1) is 12.3. The second kappa shape index (κ2) is 8.07. The fraction of sp³-hybridized carbons (Fsp3) is 0.500. The average molecular weight is 358 g/mol. The van der Waals surface area contributed by atoms with Gasteiger partial charge in [0, 0.05) is 45.0 Å². The summed E-state index contributed by atoms with van der Waals surface area (Å²) in [6.07, 6.45) is 5.78. The highest BCUT2D eigenvalue weighted by atomic mass is 16.2. The van der Waals surface area contributed by atoms with Crippen molar-refractivity contribution in [2.75, 3.05) is 27.2 Å². The topological polar surface area (TPSA) is 84.2 Å². The molecule has 0 saturated carbocycles. The Morgan fingerprint density at radius 1 is 1.12 bits per heavy atom. The molecule has 0 aliphatic heterocycles. The van der Waals surface area contributed by atoms with Gasteiger partial charge in [-0.05, 0) is 18.6 Å². The summed E-state index contributed by atoms with van der Waals surface area (Å²) in [5.41, 5.74) is -0.134. The van der Waals surface area contributed by atoms with Crippen molar-refractivity contribution in [3.63, 3.8) is 0 Å².